The third-order valence-electron chi connectivity index (χ3n) is 9.06. The summed E-state index contributed by atoms with van der Waals surface area (Å²) < 4.78 is 22.4. The molecule has 0 aliphatic carbocycles. The Morgan fingerprint density at radius 3 is 2.46 bits per heavy atom. The van der Waals surface area contributed by atoms with Crippen molar-refractivity contribution in [3.63, 3.8) is 0 Å². The molecule has 266 valence electrons. The predicted molar refractivity (Wildman–Crippen MR) is 172 cm³/mol. The number of fused-ring (bicyclic) bond motifs is 2. The van der Waals surface area contributed by atoms with E-state index in [1.165, 1.54) is 23.1 Å². The van der Waals surface area contributed by atoms with Crippen LogP contribution in [0, 0.1) is 17.0 Å². The molecule has 0 saturated carbocycles. The molecule has 3 aliphatic heterocycles. The molecule has 7 atom stereocenters. The normalized spacial score (nSPS) is 26.1. The zero-order chi connectivity index (χ0) is 35.7. The average molecular weight is 696 g/mol. The van der Waals surface area contributed by atoms with Crippen LogP contribution >= 0.6 is 0 Å². The Labute approximate surface area is 285 Å². The fraction of sp³-hybridized carbons (Fsp3) is 0.412. The van der Waals surface area contributed by atoms with Gasteiger partial charge in [-0.15, -0.1) is 0 Å². The highest BCUT2D eigenvalue weighted by molar-refractivity contribution is 6.05. The molecule has 2 amide bonds. The van der Waals surface area contributed by atoms with Crippen molar-refractivity contribution in [3.05, 3.63) is 93.0 Å². The van der Waals surface area contributed by atoms with Crippen molar-refractivity contribution in [2.45, 2.75) is 76.0 Å². The van der Waals surface area contributed by atoms with E-state index in [9.17, 15) is 45.2 Å². The van der Waals surface area contributed by atoms with Crippen LogP contribution in [0.15, 0.2) is 60.7 Å². The van der Waals surface area contributed by atoms with E-state index in [4.69, 9.17) is 18.9 Å². The number of nitro groups is 1. The first-order chi connectivity index (χ1) is 24.0. The van der Waals surface area contributed by atoms with Crippen LogP contribution in [0.2, 0.25) is 0 Å². The molecule has 16 nitrogen and oxygen atoms in total. The SMILES string of the molecule is Cc1cc2c(cc1OCc1ccccc1)N(C(=O)OCc1ccc(O[C@@H]3O[C@H](CO)[C@H](O)[C@H](O)[C@H]3O)c([N+](=O)[O-])c1)C(O)[C@@H]1CCCN1C2=O. The summed E-state index contributed by atoms with van der Waals surface area (Å²) in [7, 11) is 0. The van der Waals surface area contributed by atoms with E-state index in [0.29, 0.717) is 30.7 Å². The Kier molecular flexibility index (Phi) is 10.2. The van der Waals surface area contributed by atoms with Crippen LogP contribution in [0.25, 0.3) is 0 Å². The maximum atomic E-state index is 13.8. The highest BCUT2D eigenvalue weighted by Crippen LogP contribution is 2.39. The van der Waals surface area contributed by atoms with Gasteiger partial charge in [-0.2, -0.15) is 0 Å². The molecule has 3 aliphatic rings. The minimum Gasteiger partial charge on any atom is -0.489 e. The van der Waals surface area contributed by atoms with Crippen LogP contribution < -0.4 is 14.4 Å². The van der Waals surface area contributed by atoms with Crippen LogP contribution in [0.5, 0.6) is 11.5 Å². The second-order valence-corrected chi connectivity index (χ2v) is 12.3. The van der Waals surface area contributed by atoms with Crippen LogP contribution in [-0.2, 0) is 22.7 Å². The maximum Gasteiger partial charge on any atom is 0.416 e. The van der Waals surface area contributed by atoms with E-state index in [0.717, 1.165) is 16.5 Å². The van der Waals surface area contributed by atoms with E-state index < -0.39 is 72.9 Å². The van der Waals surface area contributed by atoms with Gasteiger partial charge in [-0.1, -0.05) is 36.4 Å². The van der Waals surface area contributed by atoms with E-state index in [1.807, 2.05) is 30.3 Å². The van der Waals surface area contributed by atoms with Gasteiger partial charge in [-0.25, -0.2) is 9.69 Å². The summed E-state index contributed by atoms with van der Waals surface area (Å²) in [5.74, 6) is -0.331. The molecule has 0 bridgehead atoms. The number of amides is 2. The Balaban J connectivity index is 1.24. The van der Waals surface area contributed by atoms with E-state index >= 15 is 0 Å². The molecule has 1 unspecified atom stereocenters. The molecule has 6 rings (SSSR count). The zero-order valence-electron chi connectivity index (χ0n) is 26.9. The number of nitrogens with zero attached hydrogens (tertiary/aromatic N) is 3. The van der Waals surface area contributed by atoms with Crippen LogP contribution in [0.3, 0.4) is 0 Å². The lowest BCUT2D eigenvalue weighted by molar-refractivity contribution is -0.387. The summed E-state index contributed by atoms with van der Waals surface area (Å²) in [4.78, 5) is 41.2. The Morgan fingerprint density at radius 2 is 1.74 bits per heavy atom. The number of ether oxygens (including phenoxy) is 4. The number of hydrogen-bond donors (Lipinski definition) is 5. The Bertz CT molecular complexity index is 1740. The molecule has 5 N–H and O–H groups in total. The van der Waals surface area contributed by atoms with Crippen molar-refractivity contribution in [1.82, 2.24) is 4.90 Å². The Morgan fingerprint density at radius 1 is 0.980 bits per heavy atom. The van der Waals surface area contributed by atoms with Crippen LogP contribution in [0.1, 0.15) is 39.9 Å². The largest absolute Gasteiger partial charge is 0.489 e. The van der Waals surface area contributed by atoms with Crippen molar-refractivity contribution < 1.29 is 59.0 Å². The lowest BCUT2D eigenvalue weighted by Gasteiger charge is -2.39. The quantitative estimate of drug-likeness (QED) is 0.159. The number of anilines is 1. The minimum atomic E-state index is -1.80. The number of aliphatic hydroxyl groups is 5. The van der Waals surface area contributed by atoms with Crippen molar-refractivity contribution in [2.24, 2.45) is 0 Å². The number of carbonyl (C=O) groups excluding carboxylic acids is 2. The first kappa shape index (κ1) is 35.0. The Hall–Kier alpha value is -4.84. The molecule has 2 fully saturated rings. The zero-order valence-corrected chi connectivity index (χ0v) is 26.9. The molecule has 0 radical (unpaired) electrons. The third kappa shape index (κ3) is 6.81. The van der Waals surface area contributed by atoms with Gasteiger partial charge < -0.3 is 49.4 Å². The summed E-state index contributed by atoms with van der Waals surface area (Å²) in [5, 5.41) is 63.3. The van der Waals surface area contributed by atoms with Gasteiger partial charge in [0.25, 0.3) is 5.91 Å². The lowest BCUT2D eigenvalue weighted by Crippen LogP contribution is -2.60. The molecular weight excluding hydrogens is 658 g/mol. The van der Waals surface area contributed by atoms with E-state index in [2.05, 4.69) is 0 Å². The number of carbonyl (C=O) groups is 2. The monoisotopic (exact) mass is 695 g/mol. The summed E-state index contributed by atoms with van der Waals surface area (Å²) >= 11 is 0. The number of rotatable bonds is 9. The molecule has 3 heterocycles. The first-order valence-corrected chi connectivity index (χ1v) is 16.0. The molecular formula is C34H37N3O13. The van der Waals surface area contributed by atoms with Gasteiger partial charge in [0.15, 0.2) is 12.0 Å². The first-order valence-electron chi connectivity index (χ1n) is 16.0. The fourth-order valence-corrected chi connectivity index (χ4v) is 6.37. The fourth-order valence-electron chi connectivity index (χ4n) is 6.37. The molecule has 0 aromatic heterocycles. The molecule has 3 aromatic rings. The number of aryl methyl sites for hydroxylation is 1. The van der Waals surface area contributed by atoms with Gasteiger partial charge in [0.2, 0.25) is 6.29 Å². The molecule has 2 saturated heterocycles. The lowest BCUT2D eigenvalue weighted by atomic mass is 9.99. The number of benzene rings is 3. The predicted octanol–water partition coefficient (Wildman–Crippen LogP) is 1.74. The summed E-state index contributed by atoms with van der Waals surface area (Å²) in [5.41, 5.74) is 1.37. The second kappa shape index (κ2) is 14.6. The van der Waals surface area contributed by atoms with Crippen molar-refractivity contribution in [1.29, 1.82) is 0 Å². The summed E-state index contributed by atoms with van der Waals surface area (Å²) in [6.07, 6.45) is -9.57. The van der Waals surface area contributed by atoms with Gasteiger partial charge in [0, 0.05) is 18.7 Å². The van der Waals surface area contributed by atoms with Crippen LogP contribution in [0.4, 0.5) is 16.2 Å². The highest BCUT2D eigenvalue weighted by Gasteiger charge is 2.46. The van der Waals surface area contributed by atoms with Gasteiger partial charge in [0.1, 0.15) is 43.4 Å². The van der Waals surface area contributed by atoms with Crippen LogP contribution in [-0.4, -0.2) is 103 Å². The van der Waals surface area contributed by atoms with Gasteiger partial charge in [-0.05, 0) is 48.6 Å². The van der Waals surface area contributed by atoms with Crippen molar-refractivity contribution in [2.75, 3.05) is 18.1 Å². The third-order valence-corrected chi connectivity index (χ3v) is 9.06. The molecule has 16 heteroatoms. The molecule has 0 spiro atoms. The van der Waals surface area contributed by atoms with Crippen molar-refractivity contribution in [3.8, 4) is 11.5 Å². The topological polar surface area (TPSA) is 222 Å². The molecule has 3 aromatic carbocycles. The smallest absolute Gasteiger partial charge is 0.416 e. The van der Waals surface area contributed by atoms with Gasteiger partial charge in [0.05, 0.1) is 28.8 Å². The van der Waals surface area contributed by atoms with Crippen molar-refractivity contribution >= 4 is 23.4 Å². The van der Waals surface area contributed by atoms with Gasteiger partial charge in [-0.3, -0.25) is 14.9 Å². The maximum absolute atomic E-state index is 13.8. The number of hydrogen-bond acceptors (Lipinski definition) is 13. The van der Waals surface area contributed by atoms with E-state index in [-0.39, 0.29) is 35.1 Å². The van der Waals surface area contributed by atoms with Gasteiger partial charge >= 0.3 is 11.8 Å². The molecule has 50 heavy (non-hydrogen) atoms. The number of nitro benzene ring substituents is 1. The second-order valence-electron chi connectivity index (χ2n) is 12.3. The number of aliphatic hydroxyl groups excluding tert-OH is 5. The minimum absolute atomic E-state index is 0.0878. The standard InChI is InChI=1S/C34H37N3O13/c1-18-12-21-23(14-26(18)47-16-19-6-3-2-4-7-19)36(32(43)22-8-5-11-35(22)31(21)42)34(44)48-17-20-9-10-25(24(13-20)37(45)46)49-33-30(41)29(40)28(39)27(15-38)50-33/h2-4,6-7,9-10,12-14,22,27-30,32-33,38-41,43H,5,8,11,15-17H2,1H3/t22-,27+,28-,29-,30+,32?,33+/m0/s1. The highest BCUT2D eigenvalue weighted by atomic mass is 16.7. The average Bonchev–Trinajstić information content (AvgIpc) is 3.59. The van der Waals surface area contributed by atoms with E-state index in [1.54, 1.807) is 13.0 Å². The summed E-state index contributed by atoms with van der Waals surface area (Å²) in [6, 6.07) is 15.4. The summed E-state index contributed by atoms with van der Waals surface area (Å²) in [6.45, 7) is 1.18.